The Morgan fingerprint density at radius 1 is 1.14 bits per heavy atom. The number of rotatable bonds is 8. The maximum atomic E-state index is 14.2. The van der Waals surface area contributed by atoms with Gasteiger partial charge in [0.15, 0.2) is 0 Å². The van der Waals surface area contributed by atoms with Crippen molar-refractivity contribution < 1.29 is 27.8 Å². The van der Waals surface area contributed by atoms with E-state index in [1.807, 2.05) is 0 Å². The van der Waals surface area contributed by atoms with E-state index in [0.717, 1.165) is 24.2 Å². The summed E-state index contributed by atoms with van der Waals surface area (Å²) in [6, 6.07) is 8.32. The molecule has 1 unspecified atom stereocenters. The monoisotopic (exact) mass is 686 g/mol. The quantitative estimate of drug-likeness (QED) is 0.264. The van der Waals surface area contributed by atoms with Crippen LogP contribution in [0, 0.1) is 0 Å². The van der Waals surface area contributed by atoms with Crippen molar-refractivity contribution in [3.63, 3.8) is 0 Å². The van der Waals surface area contributed by atoms with Gasteiger partial charge in [0.1, 0.15) is 17.0 Å². The molecule has 1 atom stereocenters. The smallest absolute Gasteiger partial charge is 0.362 e. The molecule has 3 aromatic rings. The highest BCUT2D eigenvalue weighted by molar-refractivity contribution is 7.99. The lowest BCUT2D eigenvalue weighted by Crippen LogP contribution is -2.47. The van der Waals surface area contributed by atoms with Gasteiger partial charge in [0.25, 0.3) is 11.5 Å². The molecule has 1 aromatic heterocycles. The van der Waals surface area contributed by atoms with E-state index in [2.05, 4.69) is 4.98 Å². The predicted molar refractivity (Wildman–Crippen MR) is 165 cm³/mol. The van der Waals surface area contributed by atoms with E-state index in [1.54, 1.807) is 47.2 Å². The number of pyridine rings is 1. The zero-order valence-electron chi connectivity index (χ0n) is 23.8. The van der Waals surface area contributed by atoms with Gasteiger partial charge < -0.3 is 24.3 Å². The Labute approximate surface area is 270 Å². The van der Waals surface area contributed by atoms with Crippen LogP contribution >= 0.6 is 46.6 Å². The summed E-state index contributed by atoms with van der Waals surface area (Å²) in [4.78, 5) is 47.5. The van der Waals surface area contributed by atoms with Gasteiger partial charge in [-0.2, -0.15) is 8.78 Å². The molecule has 1 saturated heterocycles. The zero-order chi connectivity index (χ0) is 31.9. The van der Waals surface area contributed by atoms with E-state index >= 15 is 0 Å². The SMILES string of the molecule is COCC1c2cc(N3CCCN(C)C3=O)c(OC)cc2CN1C(=O)c1c(Sc2c(Cl)cccc2Cl)cc(C(F)(F)Cl)[nH]c1=O. The number of urea groups is 1. The van der Waals surface area contributed by atoms with Crippen LogP contribution in [0.15, 0.2) is 51.0 Å². The number of anilines is 1. The van der Waals surface area contributed by atoms with Crippen LogP contribution in [0.3, 0.4) is 0 Å². The molecule has 0 saturated carbocycles. The number of halogens is 5. The van der Waals surface area contributed by atoms with Gasteiger partial charge in [-0.05, 0) is 59.5 Å². The fourth-order valence-corrected chi connectivity index (χ4v) is 7.09. The van der Waals surface area contributed by atoms with Crippen molar-refractivity contribution in [2.75, 3.05) is 45.9 Å². The van der Waals surface area contributed by atoms with E-state index < -0.39 is 34.1 Å². The molecule has 1 N–H and O–H groups in total. The average Bonchev–Trinajstić information content (AvgIpc) is 3.32. The third-order valence-corrected chi connectivity index (χ3v) is 9.72. The number of alkyl halides is 3. The Kier molecular flexibility index (Phi) is 9.39. The number of amides is 3. The number of nitrogens with zero attached hydrogens (tertiary/aromatic N) is 3. The van der Waals surface area contributed by atoms with Gasteiger partial charge >= 0.3 is 11.4 Å². The number of carbonyl (C=O) groups excluding carboxylic acids is 2. The summed E-state index contributed by atoms with van der Waals surface area (Å²) in [6.07, 6.45) is 0.755. The number of carbonyl (C=O) groups is 2. The molecule has 2 aliphatic rings. The molecular weight excluding hydrogens is 661 g/mol. The highest BCUT2D eigenvalue weighted by Crippen LogP contribution is 2.45. The third-order valence-electron chi connectivity index (χ3n) is 7.47. The Balaban J connectivity index is 1.60. The summed E-state index contributed by atoms with van der Waals surface area (Å²) in [6.45, 7) is 1.21. The molecule has 44 heavy (non-hydrogen) atoms. The van der Waals surface area contributed by atoms with Crippen molar-refractivity contribution >= 4 is 64.2 Å². The van der Waals surface area contributed by atoms with Gasteiger partial charge in [0.05, 0.1) is 35.5 Å². The van der Waals surface area contributed by atoms with E-state index in [4.69, 9.17) is 44.3 Å². The predicted octanol–water partition coefficient (Wildman–Crippen LogP) is 6.74. The molecule has 3 heterocycles. The number of hydrogen-bond donors (Lipinski definition) is 1. The lowest BCUT2D eigenvalue weighted by Gasteiger charge is -2.34. The molecule has 0 aliphatic carbocycles. The van der Waals surface area contributed by atoms with Crippen molar-refractivity contribution in [2.45, 2.75) is 34.2 Å². The fourth-order valence-electron chi connectivity index (χ4n) is 5.35. The highest BCUT2D eigenvalue weighted by Gasteiger charge is 2.40. The highest BCUT2D eigenvalue weighted by atomic mass is 35.5. The van der Waals surface area contributed by atoms with Gasteiger partial charge in [-0.25, -0.2) is 4.79 Å². The molecule has 3 amide bonds. The summed E-state index contributed by atoms with van der Waals surface area (Å²) in [5.74, 6) is -0.303. The molecule has 2 aromatic carbocycles. The maximum absolute atomic E-state index is 14.2. The molecule has 0 radical (unpaired) electrons. The second-order valence-electron chi connectivity index (χ2n) is 10.2. The Bertz CT molecular complexity index is 1670. The van der Waals surface area contributed by atoms with Crippen LogP contribution in [0.25, 0.3) is 0 Å². The molecule has 1 fully saturated rings. The minimum Gasteiger partial charge on any atom is -0.495 e. The van der Waals surface area contributed by atoms with Crippen molar-refractivity contribution in [2.24, 2.45) is 0 Å². The lowest BCUT2D eigenvalue weighted by atomic mass is 10.0. The number of methoxy groups -OCH3 is 2. The van der Waals surface area contributed by atoms with Crippen LogP contribution in [-0.4, -0.2) is 67.7 Å². The summed E-state index contributed by atoms with van der Waals surface area (Å²) in [5.41, 5.74) is -0.414. The van der Waals surface area contributed by atoms with Crippen LogP contribution in [0.4, 0.5) is 19.3 Å². The minimum atomic E-state index is -3.92. The van der Waals surface area contributed by atoms with Gasteiger partial charge in [0.2, 0.25) is 0 Å². The zero-order valence-corrected chi connectivity index (χ0v) is 26.8. The fraction of sp³-hybridized carbons (Fsp3) is 0.345. The second-order valence-corrected chi connectivity index (χ2v) is 12.6. The largest absolute Gasteiger partial charge is 0.495 e. The molecule has 2 aliphatic heterocycles. The molecule has 0 bridgehead atoms. The van der Waals surface area contributed by atoms with Crippen LogP contribution in [0.1, 0.15) is 39.6 Å². The minimum absolute atomic E-state index is 0.0485. The molecular formula is C29H27Cl3F2N4O5S. The summed E-state index contributed by atoms with van der Waals surface area (Å²) < 4.78 is 39.5. The first-order valence-electron chi connectivity index (χ1n) is 13.3. The van der Waals surface area contributed by atoms with E-state index in [1.165, 1.54) is 19.1 Å². The lowest BCUT2D eigenvalue weighted by molar-refractivity contribution is 0.0553. The normalized spacial score (nSPS) is 16.9. The van der Waals surface area contributed by atoms with E-state index in [9.17, 15) is 23.2 Å². The van der Waals surface area contributed by atoms with Gasteiger partial charge in [-0.15, -0.1) is 0 Å². The van der Waals surface area contributed by atoms with E-state index in [0.29, 0.717) is 35.7 Å². The first-order valence-corrected chi connectivity index (χ1v) is 15.3. The number of nitrogens with one attached hydrogen (secondary N) is 1. The van der Waals surface area contributed by atoms with Crippen LogP contribution in [-0.2, 0) is 16.7 Å². The first-order chi connectivity index (χ1) is 20.8. The second kappa shape index (κ2) is 12.8. The number of ether oxygens (including phenoxy) is 2. The van der Waals surface area contributed by atoms with Crippen LogP contribution in [0.5, 0.6) is 5.75 Å². The number of aromatic nitrogens is 1. The Hall–Kier alpha value is -3.03. The van der Waals surface area contributed by atoms with E-state index in [-0.39, 0.29) is 39.0 Å². The van der Waals surface area contributed by atoms with Crippen molar-refractivity contribution in [3.05, 3.63) is 79.2 Å². The number of benzene rings is 2. The number of H-pyrrole nitrogens is 1. The van der Waals surface area contributed by atoms with Crippen molar-refractivity contribution in [1.82, 2.24) is 14.8 Å². The standard InChI is InChI=1S/C29H27Cl3F2N4O5S/c1-36-8-5-9-37(28(36)41)19-11-16-15(10-21(19)43-3)13-38(20(16)14-42-2)27(40)24-22(12-23(29(32,33)34)35-26(24)39)44-25-17(30)6-4-7-18(25)31/h4,6-7,10-12,20H,5,8-9,13-14H2,1-3H3,(H,35,39). The van der Waals surface area contributed by atoms with Gasteiger partial charge in [0, 0.05) is 43.6 Å². The molecule has 234 valence electrons. The van der Waals surface area contributed by atoms with Crippen LogP contribution < -0.4 is 15.2 Å². The average molecular weight is 688 g/mol. The summed E-state index contributed by atoms with van der Waals surface area (Å²) in [7, 11) is 4.68. The maximum Gasteiger partial charge on any atom is 0.362 e. The first kappa shape index (κ1) is 32.4. The molecule has 0 spiro atoms. The molecule has 9 nitrogen and oxygen atoms in total. The Morgan fingerprint density at radius 2 is 1.84 bits per heavy atom. The summed E-state index contributed by atoms with van der Waals surface area (Å²) >= 11 is 18.7. The van der Waals surface area contributed by atoms with Gasteiger partial charge in [-0.3, -0.25) is 14.5 Å². The molecule has 5 rings (SSSR count). The number of hydrogen-bond acceptors (Lipinski definition) is 6. The number of fused-ring (bicyclic) bond motifs is 1. The van der Waals surface area contributed by atoms with Crippen molar-refractivity contribution in [1.29, 1.82) is 0 Å². The summed E-state index contributed by atoms with van der Waals surface area (Å²) in [5, 5.41) is -3.53. The topological polar surface area (TPSA) is 95.2 Å². The van der Waals surface area contributed by atoms with Crippen molar-refractivity contribution in [3.8, 4) is 5.75 Å². The van der Waals surface area contributed by atoms with Gasteiger partial charge in [-0.1, -0.05) is 41.0 Å². The number of aromatic amines is 1. The third kappa shape index (κ3) is 6.10. The van der Waals surface area contributed by atoms with Crippen LogP contribution in [0.2, 0.25) is 10.0 Å². The molecule has 15 heteroatoms. The Morgan fingerprint density at radius 3 is 2.48 bits per heavy atom.